The first-order valence-electron chi connectivity index (χ1n) is 6.37. The van der Waals surface area contributed by atoms with Crippen molar-refractivity contribution in [3.63, 3.8) is 0 Å². The Morgan fingerprint density at radius 3 is 2.79 bits per heavy atom. The van der Waals surface area contributed by atoms with E-state index in [2.05, 4.69) is 11.0 Å². The minimum Gasteiger partial charge on any atom is -0.478 e. The van der Waals surface area contributed by atoms with Crippen LogP contribution in [-0.4, -0.2) is 37.9 Å². The zero-order valence-corrected chi connectivity index (χ0v) is 11.3. The lowest BCUT2D eigenvalue weighted by atomic mass is 10.0. The molecule has 0 aromatic heterocycles. The van der Waals surface area contributed by atoms with Crippen molar-refractivity contribution in [2.24, 2.45) is 0 Å². The van der Waals surface area contributed by atoms with Gasteiger partial charge in [-0.3, -0.25) is 0 Å². The largest absolute Gasteiger partial charge is 0.478 e. The Labute approximate surface area is 113 Å². The number of carboxylic acid groups (broad SMARTS) is 1. The zero-order chi connectivity index (χ0) is 13.8. The van der Waals surface area contributed by atoms with Crippen molar-refractivity contribution in [1.29, 1.82) is 0 Å². The third-order valence-electron chi connectivity index (χ3n) is 3.42. The minimum atomic E-state index is -0.879. The summed E-state index contributed by atoms with van der Waals surface area (Å²) in [7, 11) is 1.71. The summed E-state index contributed by atoms with van der Waals surface area (Å²) in [6, 6.07) is 5.29. The summed E-state index contributed by atoms with van der Waals surface area (Å²) in [6.07, 6.45) is 3.19. The van der Waals surface area contributed by atoms with Crippen molar-refractivity contribution in [3.8, 4) is 0 Å². The first-order chi connectivity index (χ1) is 9.11. The molecule has 1 aliphatic heterocycles. The lowest BCUT2D eigenvalue weighted by molar-refractivity contribution is 0.0697. The third kappa shape index (κ3) is 3.15. The number of methoxy groups -OCH3 is 1. The Morgan fingerprint density at radius 1 is 1.47 bits per heavy atom. The summed E-state index contributed by atoms with van der Waals surface area (Å²) in [6.45, 7) is 4.45. The van der Waals surface area contributed by atoms with Gasteiger partial charge in [-0.05, 0) is 42.7 Å². The second-order valence-electron chi connectivity index (χ2n) is 4.80. The zero-order valence-electron chi connectivity index (χ0n) is 11.3. The molecule has 4 nitrogen and oxygen atoms in total. The normalized spacial score (nSPS) is 15.3. The molecule has 0 fully saturated rings. The summed E-state index contributed by atoms with van der Waals surface area (Å²) in [5.74, 6) is -0.879. The van der Waals surface area contributed by atoms with Gasteiger partial charge in [0.05, 0.1) is 12.2 Å². The topological polar surface area (TPSA) is 49.8 Å². The van der Waals surface area contributed by atoms with Crippen molar-refractivity contribution < 1.29 is 14.6 Å². The minimum absolute atomic E-state index is 0.342. The van der Waals surface area contributed by atoms with Gasteiger partial charge in [-0.15, -0.1) is 0 Å². The number of nitrogens with zero attached hydrogens (tertiary/aromatic N) is 1. The van der Waals surface area contributed by atoms with Crippen LogP contribution in [0.1, 0.15) is 22.3 Å². The van der Waals surface area contributed by atoms with Crippen LogP contribution < -0.4 is 4.90 Å². The first kappa shape index (κ1) is 13.6. The Morgan fingerprint density at radius 2 is 2.26 bits per heavy atom. The van der Waals surface area contributed by atoms with Gasteiger partial charge in [-0.2, -0.15) is 0 Å². The molecule has 0 unspecified atom stereocenters. The predicted octanol–water partition coefficient (Wildman–Crippen LogP) is 2.48. The monoisotopic (exact) mass is 261 g/mol. The number of aryl methyl sites for hydroxylation is 1. The second kappa shape index (κ2) is 5.89. The molecule has 0 saturated carbocycles. The highest BCUT2D eigenvalue weighted by atomic mass is 16.5. The molecule has 4 heteroatoms. The maximum absolute atomic E-state index is 10.9. The van der Waals surface area contributed by atoms with Gasteiger partial charge in [-0.25, -0.2) is 4.79 Å². The SMILES string of the molecule is COCC1=CCN(c2ccc(C(=O)O)cc2C)CC1. The van der Waals surface area contributed by atoms with Crippen LogP contribution in [0.25, 0.3) is 0 Å². The molecular formula is C15H19NO3. The van der Waals surface area contributed by atoms with Gasteiger partial charge in [0.25, 0.3) is 0 Å². The summed E-state index contributed by atoms with van der Waals surface area (Å²) in [4.78, 5) is 13.2. The number of benzene rings is 1. The van der Waals surface area contributed by atoms with E-state index >= 15 is 0 Å². The van der Waals surface area contributed by atoms with E-state index in [9.17, 15) is 4.79 Å². The molecule has 1 aromatic rings. The molecule has 0 bridgehead atoms. The van der Waals surface area contributed by atoms with Gasteiger partial charge in [0.1, 0.15) is 0 Å². The fraction of sp³-hybridized carbons (Fsp3) is 0.400. The first-order valence-corrected chi connectivity index (χ1v) is 6.37. The Bertz CT molecular complexity index is 508. The maximum Gasteiger partial charge on any atom is 0.335 e. The van der Waals surface area contributed by atoms with E-state index < -0.39 is 5.97 Å². The lowest BCUT2D eigenvalue weighted by Gasteiger charge is -2.29. The number of hydrogen-bond acceptors (Lipinski definition) is 3. The van der Waals surface area contributed by atoms with E-state index in [4.69, 9.17) is 9.84 Å². The van der Waals surface area contributed by atoms with E-state index in [1.807, 2.05) is 13.0 Å². The summed E-state index contributed by atoms with van der Waals surface area (Å²) < 4.78 is 5.14. The van der Waals surface area contributed by atoms with Gasteiger partial charge in [0.15, 0.2) is 0 Å². The quantitative estimate of drug-likeness (QED) is 0.846. The van der Waals surface area contributed by atoms with Crippen molar-refractivity contribution in [2.75, 3.05) is 31.7 Å². The molecule has 1 aliphatic rings. The highest BCUT2D eigenvalue weighted by molar-refractivity contribution is 5.88. The molecule has 0 amide bonds. The van der Waals surface area contributed by atoms with Crippen LogP contribution in [0.5, 0.6) is 0 Å². The van der Waals surface area contributed by atoms with Crippen LogP contribution in [0.4, 0.5) is 5.69 Å². The molecule has 1 N–H and O–H groups in total. The van der Waals surface area contributed by atoms with Gasteiger partial charge in [0, 0.05) is 25.9 Å². The van der Waals surface area contributed by atoms with Crippen LogP contribution in [0.3, 0.4) is 0 Å². The molecule has 1 heterocycles. The third-order valence-corrected chi connectivity index (χ3v) is 3.42. The Kier molecular flexibility index (Phi) is 4.22. The van der Waals surface area contributed by atoms with Crippen LogP contribution in [0, 0.1) is 6.92 Å². The molecule has 0 radical (unpaired) electrons. The Balaban J connectivity index is 2.14. The number of ether oxygens (including phenoxy) is 1. The maximum atomic E-state index is 10.9. The van der Waals surface area contributed by atoms with Crippen molar-refractivity contribution in [1.82, 2.24) is 0 Å². The summed E-state index contributed by atoms with van der Waals surface area (Å²) >= 11 is 0. The average molecular weight is 261 g/mol. The van der Waals surface area contributed by atoms with Crippen molar-refractivity contribution >= 4 is 11.7 Å². The van der Waals surface area contributed by atoms with E-state index in [0.717, 1.165) is 30.8 Å². The number of carboxylic acids is 1. The Hall–Kier alpha value is -1.81. The van der Waals surface area contributed by atoms with Crippen molar-refractivity contribution in [3.05, 3.63) is 41.0 Å². The predicted molar refractivity (Wildman–Crippen MR) is 74.9 cm³/mol. The average Bonchev–Trinajstić information content (AvgIpc) is 2.40. The molecule has 0 atom stereocenters. The van der Waals surface area contributed by atoms with E-state index in [0.29, 0.717) is 12.2 Å². The number of aromatic carboxylic acids is 1. The molecule has 0 saturated heterocycles. The smallest absolute Gasteiger partial charge is 0.335 e. The van der Waals surface area contributed by atoms with Crippen LogP contribution in [0.15, 0.2) is 29.8 Å². The van der Waals surface area contributed by atoms with Gasteiger partial charge in [-0.1, -0.05) is 6.08 Å². The molecule has 102 valence electrons. The van der Waals surface area contributed by atoms with Crippen LogP contribution in [0.2, 0.25) is 0 Å². The van der Waals surface area contributed by atoms with Crippen LogP contribution >= 0.6 is 0 Å². The van der Waals surface area contributed by atoms with E-state index in [1.165, 1.54) is 5.57 Å². The highest BCUT2D eigenvalue weighted by Gasteiger charge is 2.15. The van der Waals surface area contributed by atoms with Crippen LogP contribution in [-0.2, 0) is 4.74 Å². The molecule has 19 heavy (non-hydrogen) atoms. The lowest BCUT2D eigenvalue weighted by Crippen LogP contribution is -2.29. The molecule has 1 aromatic carbocycles. The number of carbonyl (C=O) groups is 1. The molecular weight excluding hydrogens is 242 g/mol. The van der Waals surface area contributed by atoms with Crippen molar-refractivity contribution in [2.45, 2.75) is 13.3 Å². The summed E-state index contributed by atoms with van der Waals surface area (Å²) in [5, 5.41) is 8.97. The molecule has 0 spiro atoms. The summed E-state index contributed by atoms with van der Waals surface area (Å²) in [5.41, 5.74) is 3.79. The standard InChI is InChI=1S/C15H19NO3/c1-11-9-13(15(17)18)3-4-14(11)16-7-5-12(6-8-16)10-19-2/h3-5,9H,6-8,10H2,1-2H3,(H,17,18). The molecule has 0 aliphatic carbocycles. The number of hydrogen-bond donors (Lipinski definition) is 1. The van der Waals surface area contributed by atoms with Gasteiger partial charge in [0.2, 0.25) is 0 Å². The molecule has 2 rings (SSSR count). The number of anilines is 1. The van der Waals surface area contributed by atoms with E-state index in [1.54, 1.807) is 19.2 Å². The van der Waals surface area contributed by atoms with Gasteiger partial charge >= 0.3 is 5.97 Å². The number of rotatable bonds is 4. The highest BCUT2D eigenvalue weighted by Crippen LogP contribution is 2.24. The fourth-order valence-corrected chi connectivity index (χ4v) is 2.39. The fourth-order valence-electron chi connectivity index (χ4n) is 2.39. The van der Waals surface area contributed by atoms with Gasteiger partial charge < -0.3 is 14.7 Å². The second-order valence-corrected chi connectivity index (χ2v) is 4.80. The van der Waals surface area contributed by atoms with E-state index in [-0.39, 0.29) is 0 Å².